The summed E-state index contributed by atoms with van der Waals surface area (Å²) in [7, 11) is 0. The number of hydrogen-bond acceptors (Lipinski definition) is 4. The molecule has 0 aromatic carbocycles. The number of Topliss-reactive ketones (excluding diaryl/α,β-unsaturated/α-hetero) is 1. The Bertz CT molecular complexity index is 642. The minimum Gasteiger partial charge on any atom is -0.292 e. The van der Waals surface area contributed by atoms with Gasteiger partial charge in [0.15, 0.2) is 11.7 Å². The third kappa shape index (κ3) is 2.86. The van der Waals surface area contributed by atoms with E-state index < -0.39 is 23.4 Å². The molecule has 0 bridgehead atoms. The van der Waals surface area contributed by atoms with Crippen LogP contribution in [0, 0.1) is 11.3 Å². The predicted octanol–water partition coefficient (Wildman–Crippen LogP) is 3.65. The standard InChI is InChI=1S/C13H7F3N2OS/c14-13(15,16)9-1-2-11(18-6-9)10(5-17)12(19)8-3-4-20-7-8/h1-4,6-7,10H/t10-/m1/s1. The average Bonchev–Trinajstić information content (AvgIpc) is 2.93. The molecule has 0 amide bonds. The molecule has 0 saturated carbocycles. The summed E-state index contributed by atoms with van der Waals surface area (Å²) < 4.78 is 37.2. The van der Waals surface area contributed by atoms with Gasteiger partial charge in [0.2, 0.25) is 0 Å². The number of nitrogens with zero attached hydrogens (tertiary/aromatic N) is 2. The molecule has 2 aromatic rings. The number of thiophene rings is 1. The maximum absolute atomic E-state index is 12.4. The molecule has 3 nitrogen and oxygen atoms in total. The highest BCUT2D eigenvalue weighted by Crippen LogP contribution is 2.29. The van der Waals surface area contributed by atoms with Crippen LogP contribution < -0.4 is 0 Å². The van der Waals surface area contributed by atoms with E-state index in [1.54, 1.807) is 22.9 Å². The van der Waals surface area contributed by atoms with Gasteiger partial charge in [-0.3, -0.25) is 9.78 Å². The molecule has 0 aliphatic carbocycles. The first-order valence-corrected chi connectivity index (χ1v) is 6.37. The van der Waals surface area contributed by atoms with Crippen molar-refractivity contribution in [3.05, 3.63) is 52.0 Å². The number of ketones is 1. The Morgan fingerprint density at radius 3 is 2.55 bits per heavy atom. The van der Waals surface area contributed by atoms with E-state index in [0.717, 1.165) is 12.1 Å². The first-order valence-electron chi connectivity index (χ1n) is 5.42. The number of halogens is 3. The lowest BCUT2D eigenvalue weighted by Crippen LogP contribution is -2.13. The van der Waals surface area contributed by atoms with Crippen LogP contribution in [-0.4, -0.2) is 10.8 Å². The summed E-state index contributed by atoms with van der Waals surface area (Å²) in [5.74, 6) is -1.67. The van der Waals surface area contributed by atoms with Gasteiger partial charge in [-0.2, -0.15) is 29.8 Å². The van der Waals surface area contributed by atoms with E-state index >= 15 is 0 Å². The highest BCUT2D eigenvalue weighted by Gasteiger charge is 2.31. The zero-order chi connectivity index (χ0) is 14.8. The molecule has 0 radical (unpaired) electrons. The fourth-order valence-electron chi connectivity index (χ4n) is 1.57. The molecule has 1 atom stereocenters. The monoisotopic (exact) mass is 296 g/mol. The van der Waals surface area contributed by atoms with Crippen molar-refractivity contribution >= 4 is 17.1 Å². The van der Waals surface area contributed by atoms with E-state index in [4.69, 9.17) is 5.26 Å². The van der Waals surface area contributed by atoms with E-state index in [1.807, 2.05) is 0 Å². The fourth-order valence-corrected chi connectivity index (χ4v) is 2.22. The van der Waals surface area contributed by atoms with Crippen molar-refractivity contribution in [2.24, 2.45) is 0 Å². The van der Waals surface area contributed by atoms with E-state index in [1.165, 1.54) is 11.3 Å². The molecule has 20 heavy (non-hydrogen) atoms. The average molecular weight is 296 g/mol. The first-order chi connectivity index (χ1) is 9.43. The highest BCUT2D eigenvalue weighted by molar-refractivity contribution is 7.08. The molecule has 0 aliphatic heterocycles. The lowest BCUT2D eigenvalue weighted by Gasteiger charge is -2.09. The Hall–Kier alpha value is -2.20. The summed E-state index contributed by atoms with van der Waals surface area (Å²) in [5.41, 5.74) is -0.555. The van der Waals surface area contributed by atoms with Crippen LogP contribution in [0.4, 0.5) is 13.2 Å². The van der Waals surface area contributed by atoms with Crippen LogP contribution in [0.1, 0.15) is 27.5 Å². The van der Waals surface area contributed by atoms with Crippen molar-refractivity contribution in [3.8, 4) is 6.07 Å². The van der Waals surface area contributed by atoms with Crippen molar-refractivity contribution in [1.29, 1.82) is 5.26 Å². The van der Waals surface area contributed by atoms with Gasteiger partial charge in [0.1, 0.15) is 0 Å². The second kappa shape index (κ2) is 5.43. The highest BCUT2D eigenvalue weighted by atomic mass is 32.1. The Morgan fingerprint density at radius 1 is 1.35 bits per heavy atom. The van der Waals surface area contributed by atoms with Gasteiger partial charge in [-0.25, -0.2) is 0 Å². The van der Waals surface area contributed by atoms with Gasteiger partial charge in [-0.15, -0.1) is 0 Å². The zero-order valence-electron chi connectivity index (χ0n) is 9.89. The SMILES string of the molecule is N#C[C@@H](C(=O)c1ccsc1)c1ccc(C(F)(F)F)cn1. The van der Waals surface area contributed by atoms with Gasteiger partial charge in [0.25, 0.3) is 0 Å². The van der Waals surface area contributed by atoms with Gasteiger partial charge in [-0.1, -0.05) is 0 Å². The number of rotatable bonds is 3. The van der Waals surface area contributed by atoms with Gasteiger partial charge in [-0.05, 0) is 23.6 Å². The maximum atomic E-state index is 12.4. The molecule has 2 heterocycles. The van der Waals surface area contributed by atoms with Crippen LogP contribution in [-0.2, 0) is 6.18 Å². The third-order valence-electron chi connectivity index (χ3n) is 2.61. The van der Waals surface area contributed by atoms with Gasteiger partial charge in [0.05, 0.1) is 17.3 Å². The molecule has 0 spiro atoms. The molecule has 0 fully saturated rings. The summed E-state index contributed by atoms with van der Waals surface area (Å²) in [4.78, 5) is 15.6. The zero-order valence-corrected chi connectivity index (χ0v) is 10.7. The third-order valence-corrected chi connectivity index (χ3v) is 3.29. The van der Waals surface area contributed by atoms with Crippen molar-refractivity contribution in [2.45, 2.75) is 12.1 Å². The van der Waals surface area contributed by atoms with Crippen LogP contribution in [0.25, 0.3) is 0 Å². The lowest BCUT2D eigenvalue weighted by molar-refractivity contribution is -0.137. The molecular weight excluding hydrogens is 289 g/mol. The maximum Gasteiger partial charge on any atom is 0.417 e. The van der Waals surface area contributed by atoms with Crippen LogP contribution >= 0.6 is 11.3 Å². The summed E-state index contributed by atoms with van der Waals surface area (Å²) >= 11 is 1.30. The molecule has 2 aromatic heterocycles. The molecule has 0 saturated heterocycles. The largest absolute Gasteiger partial charge is 0.417 e. The number of pyridine rings is 1. The molecule has 0 N–H and O–H groups in total. The van der Waals surface area contributed by atoms with Crippen LogP contribution in [0.15, 0.2) is 35.2 Å². The normalized spacial score (nSPS) is 12.7. The van der Waals surface area contributed by atoms with Crippen molar-refractivity contribution in [3.63, 3.8) is 0 Å². The topological polar surface area (TPSA) is 53.8 Å². The van der Waals surface area contributed by atoms with E-state index in [2.05, 4.69) is 4.98 Å². The van der Waals surface area contributed by atoms with E-state index in [9.17, 15) is 18.0 Å². The summed E-state index contributed by atoms with van der Waals surface area (Å²) in [6.07, 6.45) is -3.87. The molecule has 0 aliphatic rings. The minimum atomic E-state index is -4.50. The van der Waals surface area contributed by atoms with Crippen molar-refractivity contribution in [1.82, 2.24) is 4.98 Å². The summed E-state index contributed by atoms with van der Waals surface area (Å²) in [5, 5.41) is 12.3. The van der Waals surface area contributed by atoms with Gasteiger partial charge >= 0.3 is 6.18 Å². The molecule has 0 unspecified atom stereocenters. The Kier molecular flexibility index (Phi) is 3.86. The Balaban J connectivity index is 2.30. The number of nitriles is 1. The molecule has 102 valence electrons. The predicted molar refractivity (Wildman–Crippen MR) is 66.2 cm³/mol. The number of aromatic nitrogens is 1. The summed E-state index contributed by atoms with van der Waals surface area (Å²) in [6.45, 7) is 0. The van der Waals surface area contributed by atoms with E-state index in [0.29, 0.717) is 11.8 Å². The van der Waals surface area contributed by atoms with Crippen LogP contribution in [0.3, 0.4) is 0 Å². The quantitative estimate of drug-likeness (QED) is 0.812. The van der Waals surface area contributed by atoms with Crippen LogP contribution in [0.5, 0.6) is 0 Å². The second-order valence-electron chi connectivity index (χ2n) is 3.91. The summed E-state index contributed by atoms with van der Waals surface area (Å²) in [6, 6.07) is 5.20. The Labute approximate surface area is 116 Å². The molecule has 7 heteroatoms. The first kappa shape index (κ1) is 14.2. The Morgan fingerprint density at radius 2 is 2.10 bits per heavy atom. The second-order valence-corrected chi connectivity index (χ2v) is 4.69. The fraction of sp³-hybridized carbons (Fsp3) is 0.154. The van der Waals surface area contributed by atoms with Crippen LogP contribution in [0.2, 0.25) is 0 Å². The number of carbonyl (C=O) groups is 1. The molecule has 2 rings (SSSR count). The number of carbonyl (C=O) groups excluding carboxylic acids is 1. The van der Waals surface area contributed by atoms with Crippen molar-refractivity contribution < 1.29 is 18.0 Å². The number of alkyl halides is 3. The van der Waals surface area contributed by atoms with Gasteiger partial charge < -0.3 is 0 Å². The van der Waals surface area contributed by atoms with Gasteiger partial charge in [0, 0.05) is 17.1 Å². The van der Waals surface area contributed by atoms with Crippen molar-refractivity contribution in [2.75, 3.05) is 0 Å². The smallest absolute Gasteiger partial charge is 0.292 e. The molecular formula is C13H7F3N2OS. The van der Waals surface area contributed by atoms with E-state index in [-0.39, 0.29) is 5.69 Å². The number of hydrogen-bond donors (Lipinski definition) is 0. The minimum absolute atomic E-state index is 0.0108. The lowest BCUT2D eigenvalue weighted by atomic mass is 9.97.